The zero-order valence-corrected chi connectivity index (χ0v) is 17.8. The average Bonchev–Trinajstić information content (AvgIpc) is 2.74. The van der Waals surface area contributed by atoms with Crippen molar-refractivity contribution >= 4 is 53.8 Å². The van der Waals surface area contributed by atoms with Gasteiger partial charge in [-0.15, -0.1) is 0 Å². The Labute approximate surface area is 157 Å². The predicted octanol–water partition coefficient (Wildman–Crippen LogP) is 6.03. The van der Waals surface area contributed by atoms with Crippen LogP contribution in [0.2, 0.25) is 0 Å². The Kier molecular flexibility index (Phi) is 9.91. The molecule has 0 aromatic carbocycles. The lowest BCUT2D eigenvalue weighted by molar-refractivity contribution is -0.147. The van der Waals surface area contributed by atoms with E-state index in [0.717, 1.165) is 28.3 Å². The molecule has 1 rings (SSSR count). The molecule has 1 heterocycles. The zero-order chi connectivity index (χ0) is 16.5. The standard InChI is InChI=1S/C15H23Br3N2O2/c1-3-5-6-7-8-9-10-11(15(21)22-4-2)20-14(18)12(16)13(17)19-20/h11H,3-10H2,1-2H3. The molecule has 7 heteroatoms. The average molecular weight is 503 g/mol. The van der Waals surface area contributed by atoms with Crippen LogP contribution >= 0.6 is 47.8 Å². The molecule has 126 valence electrons. The first-order chi connectivity index (χ1) is 10.5. The molecule has 1 unspecified atom stereocenters. The first-order valence-corrected chi connectivity index (χ1v) is 10.2. The minimum absolute atomic E-state index is 0.223. The van der Waals surface area contributed by atoms with Crippen molar-refractivity contribution in [3.05, 3.63) is 13.7 Å². The van der Waals surface area contributed by atoms with Gasteiger partial charge in [0, 0.05) is 0 Å². The molecule has 0 radical (unpaired) electrons. The third-order valence-corrected chi connectivity index (χ3v) is 6.57. The van der Waals surface area contributed by atoms with Gasteiger partial charge in [-0.3, -0.25) is 0 Å². The van der Waals surface area contributed by atoms with Crippen molar-refractivity contribution in [1.82, 2.24) is 9.78 Å². The molecule has 1 atom stereocenters. The highest BCUT2D eigenvalue weighted by atomic mass is 79.9. The number of ether oxygens (including phenoxy) is 1. The molecule has 0 bridgehead atoms. The van der Waals surface area contributed by atoms with Gasteiger partial charge in [0.05, 0.1) is 11.1 Å². The SMILES string of the molecule is CCCCCCCCC(C(=O)OCC)n1nc(Br)c(Br)c1Br. The van der Waals surface area contributed by atoms with E-state index in [4.69, 9.17) is 4.74 Å². The predicted molar refractivity (Wildman–Crippen MR) is 99.0 cm³/mol. The van der Waals surface area contributed by atoms with Crippen molar-refractivity contribution in [1.29, 1.82) is 0 Å². The maximum atomic E-state index is 12.2. The van der Waals surface area contributed by atoms with Crippen LogP contribution in [-0.2, 0) is 9.53 Å². The molecule has 0 amide bonds. The fraction of sp³-hybridized carbons (Fsp3) is 0.733. The highest BCUT2D eigenvalue weighted by Crippen LogP contribution is 2.34. The Hall–Kier alpha value is 0.120. The summed E-state index contributed by atoms with van der Waals surface area (Å²) in [5.74, 6) is -0.223. The maximum Gasteiger partial charge on any atom is 0.330 e. The summed E-state index contributed by atoms with van der Waals surface area (Å²) in [7, 11) is 0. The number of carbonyl (C=O) groups excluding carboxylic acids is 1. The van der Waals surface area contributed by atoms with Crippen LogP contribution in [0.25, 0.3) is 0 Å². The van der Waals surface area contributed by atoms with E-state index in [9.17, 15) is 4.79 Å². The van der Waals surface area contributed by atoms with E-state index in [2.05, 4.69) is 59.8 Å². The Morgan fingerprint density at radius 2 is 1.77 bits per heavy atom. The molecule has 0 saturated carbocycles. The number of hydrogen-bond donors (Lipinski definition) is 0. The number of rotatable bonds is 10. The monoisotopic (exact) mass is 500 g/mol. The Balaban J connectivity index is 2.68. The summed E-state index contributed by atoms with van der Waals surface area (Å²) in [6, 6.07) is -0.386. The smallest absolute Gasteiger partial charge is 0.330 e. The van der Waals surface area contributed by atoms with Crippen molar-refractivity contribution in [2.24, 2.45) is 0 Å². The van der Waals surface area contributed by atoms with Crippen LogP contribution in [0.5, 0.6) is 0 Å². The molecule has 0 saturated heterocycles. The lowest BCUT2D eigenvalue weighted by Crippen LogP contribution is -2.23. The van der Waals surface area contributed by atoms with Gasteiger partial charge in [-0.25, -0.2) is 9.48 Å². The van der Waals surface area contributed by atoms with Gasteiger partial charge in [-0.1, -0.05) is 45.4 Å². The largest absolute Gasteiger partial charge is 0.464 e. The summed E-state index contributed by atoms with van der Waals surface area (Å²) >= 11 is 10.3. The lowest BCUT2D eigenvalue weighted by atomic mass is 10.1. The van der Waals surface area contributed by atoms with Gasteiger partial charge in [0.2, 0.25) is 0 Å². The molecule has 0 spiro atoms. The second-order valence-corrected chi connectivity index (χ2v) is 7.46. The van der Waals surface area contributed by atoms with Crippen LogP contribution in [0.4, 0.5) is 0 Å². The maximum absolute atomic E-state index is 12.2. The minimum atomic E-state index is -0.386. The summed E-state index contributed by atoms with van der Waals surface area (Å²) in [6.45, 7) is 4.42. The number of hydrogen-bond acceptors (Lipinski definition) is 3. The van der Waals surface area contributed by atoms with Crippen LogP contribution in [0.1, 0.15) is 64.8 Å². The second kappa shape index (κ2) is 10.8. The number of unbranched alkanes of at least 4 members (excludes halogenated alkanes) is 5. The molecule has 4 nitrogen and oxygen atoms in total. The summed E-state index contributed by atoms with van der Waals surface area (Å²) < 4.78 is 9.14. The Morgan fingerprint density at radius 3 is 2.32 bits per heavy atom. The van der Waals surface area contributed by atoms with E-state index in [1.165, 1.54) is 25.7 Å². The van der Waals surface area contributed by atoms with E-state index in [1.54, 1.807) is 4.68 Å². The third kappa shape index (κ3) is 5.96. The molecular weight excluding hydrogens is 480 g/mol. The summed E-state index contributed by atoms with van der Waals surface area (Å²) in [4.78, 5) is 12.2. The van der Waals surface area contributed by atoms with Gasteiger partial charge in [-0.05, 0) is 61.1 Å². The van der Waals surface area contributed by atoms with Crippen molar-refractivity contribution in [2.45, 2.75) is 64.8 Å². The van der Waals surface area contributed by atoms with Gasteiger partial charge in [0.1, 0.15) is 9.21 Å². The fourth-order valence-electron chi connectivity index (χ4n) is 2.27. The van der Waals surface area contributed by atoms with E-state index in [0.29, 0.717) is 11.2 Å². The van der Waals surface area contributed by atoms with E-state index in [-0.39, 0.29) is 12.0 Å². The highest BCUT2D eigenvalue weighted by Gasteiger charge is 2.26. The zero-order valence-electron chi connectivity index (χ0n) is 13.1. The van der Waals surface area contributed by atoms with Crippen LogP contribution in [0.15, 0.2) is 13.7 Å². The molecule has 0 aliphatic rings. The van der Waals surface area contributed by atoms with Crippen LogP contribution in [0.3, 0.4) is 0 Å². The van der Waals surface area contributed by atoms with Gasteiger partial charge >= 0.3 is 5.97 Å². The van der Waals surface area contributed by atoms with Crippen LogP contribution in [0, 0.1) is 0 Å². The Morgan fingerprint density at radius 1 is 1.14 bits per heavy atom. The molecule has 0 N–H and O–H groups in total. The summed E-state index contributed by atoms with van der Waals surface area (Å²) in [5.41, 5.74) is 0. The number of nitrogens with zero attached hydrogens (tertiary/aromatic N) is 2. The number of aromatic nitrogens is 2. The van der Waals surface area contributed by atoms with Crippen molar-refractivity contribution in [3.8, 4) is 0 Å². The minimum Gasteiger partial charge on any atom is -0.464 e. The molecule has 1 aromatic heterocycles. The van der Waals surface area contributed by atoms with Gasteiger partial charge in [0.15, 0.2) is 6.04 Å². The number of carbonyl (C=O) groups is 1. The lowest BCUT2D eigenvalue weighted by Gasteiger charge is -2.17. The van der Waals surface area contributed by atoms with E-state index in [1.807, 2.05) is 6.92 Å². The third-order valence-electron chi connectivity index (χ3n) is 3.44. The molecule has 0 aliphatic heterocycles. The van der Waals surface area contributed by atoms with Crippen LogP contribution in [-0.4, -0.2) is 22.4 Å². The number of esters is 1. The quantitative estimate of drug-likeness (QED) is 0.290. The first-order valence-electron chi connectivity index (χ1n) is 7.78. The van der Waals surface area contributed by atoms with Crippen molar-refractivity contribution < 1.29 is 9.53 Å². The normalized spacial score (nSPS) is 12.4. The van der Waals surface area contributed by atoms with Gasteiger partial charge < -0.3 is 4.74 Å². The van der Waals surface area contributed by atoms with Gasteiger partial charge in [-0.2, -0.15) is 5.10 Å². The first kappa shape index (κ1) is 20.2. The van der Waals surface area contributed by atoms with Gasteiger partial charge in [0.25, 0.3) is 0 Å². The number of halogens is 3. The van der Waals surface area contributed by atoms with E-state index < -0.39 is 0 Å². The molecular formula is C15H23Br3N2O2. The van der Waals surface area contributed by atoms with Crippen molar-refractivity contribution in [3.63, 3.8) is 0 Å². The van der Waals surface area contributed by atoms with Crippen molar-refractivity contribution in [2.75, 3.05) is 6.61 Å². The van der Waals surface area contributed by atoms with E-state index >= 15 is 0 Å². The molecule has 0 aliphatic carbocycles. The molecule has 1 aromatic rings. The highest BCUT2D eigenvalue weighted by molar-refractivity contribution is 9.14. The molecule has 0 fully saturated rings. The Bertz CT molecular complexity index is 478. The summed E-state index contributed by atoms with van der Waals surface area (Å²) in [6.07, 6.45) is 7.88. The summed E-state index contributed by atoms with van der Waals surface area (Å²) in [5, 5.41) is 4.38. The molecule has 22 heavy (non-hydrogen) atoms. The fourth-order valence-corrected chi connectivity index (χ4v) is 3.67. The second-order valence-electron chi connectivity index (χ2n) is 5.16. The topological polar surface area (TPSA) is 44.1 Å². The van der Waals surface area contributed by atoms with Crippen LogP contribution < -0.4 is 0 Å².